The molecule has 7 heteroatoms. The smallest absolute Gasteiger partial charge is 0.251 e. The summed E-state index contributed by atoms with van der Waals surface area (Å²) in [4.78, 5) is 25.9. The molecule has 0 radical (unpaired) electrons. The molecule has 1 fully saturated rings. The SMILES string of the molecule is CS(=O)(=O)Cc1cccc(C(=O)NCc2ccc(N3CCCC3=O)cc2)c1. The van der Waals surface area contributed by atoms with Gasteiger partial charge in [0.2, 0.25) is 5.91 Å². The van der Waals surface area contributed by atoms with Crippen molar-refractivity contribution in [2.75, 3.05) is 17.7 Å². The molecule has 0 bridgehead atoms. The molecule has 6 nitrogen and oxygen atoms in total. The van der Waals surface area contributed by atoms with Crippen LogP contribution in [0.5, 0.6) is 0 Å². The molecule has 2 aromatic carbocycles. The van der Waals surface area contributed by atoms with E-state index in [0.717, 1.165) is 24.2 Å². The van der Waals surface area contributed by atoms with Gasteiger partial charge in [0, 0.05) is 37.0 Å². The summed E-state index contributed by atoms with van der Waals surface area (Å²) in [5.74, 6) is -0.209. The lowest BCUT2D eigenvalue weighted by atomic mass is 10.1. The largest absolute Gasteiger partial charge is 0.348 e. The van der Waals surface area contributed by atoms with Crippen LogP contribution in [0.3, 0.4) is 0 Å². The highest BCUT2D eigenvalue weighted by Gasteiger charge is 2.21. The molecule has 0 spiro atoms. The molecular weight excluding hydrogens is 364 g/mol. The maximum Gasteiger partial charge on any atom is 0.251 e. The maximum absolute atomic E-state index is 12.3. The van der Waals surface area contributed by atoms with Gasteiger partial charge in [-0.15, -0.1) is 0 Å². The predicted molar refractivity (Wildman–Crippen MR) is 104 cm³/mol. The van der Waals surface area contributed by atoms with Crippen LogP contribution in [0.15, 0.2) is 48.5 Å². The van der Waals surface area contributed by atoms with E-state index in [-0.39, 0.29) is 17.6 Å². The number of carbonyl (C=O) groups excluding carboxylic acids is 2. The average molecular weight is 386 g/mol. The molecule has 1 saturated heterocycles. The summed E-state index contributed by atoms with van der Waals surface area (Å²) in [6, 6.07) is 14.2. The molecule has 2 aromatic rings. The number of amides is 2. The summed E-state index contributed by atoms with van der Waals surface area (Å²) in [6.07, 6.45) is 2.64. The van der Waals surface area contributed by atoms with Gasteiger partial charge in [-0.25, -0.2) is 8.42 Å². The number of carbonyl (C=O) groups is 2. The van der Waals surface area contributed by atoms with Gasteiger partial charge in [0.25, 0.3) is 5.91 Å². The Bertz CT molecular complexity index is 952. The Kier molecular flexibility index (Phi) is 5.60. The number of anilines is 1. The minimum Gasteiger partial charge on any atom is -0.348 e. The van der Waals surface area contributed by atoms with E-state index >= 15 is 0 Å². The second-order valence-electron chi connectivity index (χ2n) is 6.77. The fourth-order valence-corrected chi connectivity index (χ4v) is 3.89. The number of hydrogen-bond acceptors (Lipinski definition) is 4. The van der Waals surface area contributed by atoms with Crippen molar-refractivity contribution in [3.8, 4) is 0 Å². The lowest BCUT2D eigenvalue weighted by Crippen LogP contribution is -2.24. The predicted octanol–water partition coefficient (Wildman–Crippen LogP) is 2.29. The molecule has 1 aliphatic heterocycles. The van der Waals surface area contributed by atoms with E-state index in [1.165, 1.54) is 6.26 Å². The molecule has 0 aliphatic carbocycles. The van der Waals surface area contributed by atoms with Crippen LogP contribution in [0.25, 0.3) is 0 Å². The van der Waals surface area contributed by atoms with Crippen LogP contribution in [0.4, 0.5) is 5.69 Å². The van der Waals surface area contributed by atoms with Crippen LogP contribution in [0, 0.1) is 0 Å². The first-order chi connectivity index (χ1) is 12.8. The number of nitrogens with zero attached hydrogens (tertiary/aromatic N) is 1. The normalized spacial score (nSPS) is 14.4. The lowest BCUT2D eigenvalue weighted by Gasteiger charge is -2.16. The maximum atomic E-state index is 12.3. The molecule has 142 valence electrons. The highest BCUT2D eigenvalue weighted by Crippen LogP contribution is 2.21. The highest BCUT2D eigenvalue weighted by atomic mass is 32.2. The lowest BCUT2D eigenvalue weighted by molar-refractivity contribution is -0.117. The third-order valence-electron chi connectivity index (χ3n) is 4.39. The highest BCUT2D eigenvalue weighted by molar-refractivity contribution is 7.89. The van der Waals surface area contributed by atoms with Gasteiger partial charge in [-0.2, -0.15) is 0 Å². The first-order valence-electron chi connectivity index (χ1n) is 8.76. The van der Waals surface area contributed by atoms with Crippen LogP contribution in [0.1, 0.15) is 34.3 Å². The van der Waals surface area contributed by atoms with Gasteiger partial charge in [-0.05, 0) is 41.8 Å². The second-order valence-corrected chi connectivity index (χ2v) is 8.91. The topological polar surface area (TPSA) is 83.6 Å². The summed E-state index contributed by atoms with van der Waals surface area (Å²) in [5, 5.41) is 2.83. The number of hydrogen-bond donors (Lipinski definition) is 1. The van der Waals surface area contributed by atoms with Gasteiger partial charge in [0.15, 0.2) is 9.84 Å². The molecule has 0 saturated carbocycles. The number of sulfone groups is 1. The fraction of sp³-hybridized carbons (Fsp3) is 0.300. The van der Waals surface area contributed by atoms with Crippen LogP contribution >= 0.6 is 0 Å². The van der Waals surface area contributed by atoms with Gasteiger partial charge < -0.3 is 10.2 Å². The number of rotatable bonds is 6. The van der Waals surface area contributed by atoms with Gasteiger partial charge in [-0.1, -0.05) is 24.3 Å². The fourth-order valence-electron chi connectivity index (χ4n) is 3.10. The summed E-state index contributed by atoms with van der Waals surface area (Å²) in [7, 11) is -3.15. The van der Waals surface area contributed by atoms with Crippen molar-refractivity contribution in [1.29, 1.82) is 0 Å². The van der Waals surface area contributed by atoms with Crippen molar-refractivity contribution in [3.63, 3.8) is 0 Å². The first-order valence-corrected chi connectivity index (χ1v) is 10.8. The summed E-state index contributed by atoms with van der Waals surface area (Å²) in [5.41, 5.74) is 2.81. The molecule has 0 atom stereocenters. The monoisotopic (exact) mass is 386 g/mol. The van der Waals surface area contributed by atoms with Crippen LogP contribution in [-0.4, -0.2) is 33.0 Å². The van der Waals surface area contributed by atoms with E-state index in [1.54, 1.807) is 29.2 Å². The van der Waals surface area contributed by atoms with E-state index in [4.69, 9.17) is 0 Å². The van der Waals surface area contributed by atoms with E-state index in [9.17, 15) is 18.0 Å². The van der Waals surface area contributed by atoms with Crippen LogP contribution < -0.4 is 10.2 Å². The van der Waals surface area contributed by atoms with E-state index < -0.39 is 9.84 Å². The molecule has 1 heterocycles. The van der Waals surface area contributed by atoms with Gasteiger partial charge in [0.1, 0.15) is 0 Å². The Labute approximate surface area is 159 Å². The quantitative estimate of drug-likeness (QED) is 0.826. The molecule has 1 aliphatic rings. The van der Waals surface area contributed by atoms with E-state index in [2.05, 4.69) is 5.32 Å². The van der Waals surface area contributed by atoms with Gasteiger partial charge in [-0.3, -0.25) is 9.59 Å². The second kappa shape index (κ2) is 7.92. The van der Waals surface area contributed by atoms with Gasteiger partial charge in [0.05, 0.1) is 5.75 Å². The van der Waals surface area contributed by atoms with Crippen molar-refractivity contribution < 1.29 is 18.0 Å². The van der Waals surface area contributed by atoms with Gasteiger partial charge >= 0.3 is 0 Å². The Morgan fingerprint density at radius 2 is 1.85 bits per heavy atom. The Balaban J connectivity index is 1.60. The molecule has 3 rings (SSSR count). The van der Waals surface area contributed by atoms with Crippen LogP contribution in [-0.2, 0) is 26.9 Å². The summed E-state index contributed by atoms with van der Waals surface area (Å²) in [6.45, 7) is 1.10. The van der Waals surface area contributed by atoms with Crippen molar-refractivity contribution in [2.45, 2.75) is 25.1 Å². The van der Waals surface area contributed by atoms with Crippen molar-refractivity contribution in [1.82, 2.24) is 5.32 Å². The molecule has 1 N–H and O–H groups in total. The summed E-state index contributed by atoms with van der Waals surface area (Å²) < 4.78 is 22.8. The van der Waals surface area contributed by atoms with Crippen molar-refractivity contribution in [2.24, 2.45) is 0 Å². The molecule has 27 heavy (non-hydrogen) atoms. The van der Waals surface area contributed by atoms with Crippen molar-refractivity contribution >= 4 is 27.3 Å². The Hall–Kier alpha value is -2.67. The number of nitrogens with one attached hydrogen (secondary N) is 1. The standard InChI is InChI=1S/C20H22N2O4S/c1-27(25,26)14-16-4-2-5-17(12-16)20(24)21-13-15-7-9-18(10-8-15)22-11-3-6-19(22)23/h2,4-5,7-10,12H,3,6,11,13-14H2,1H3,(H,21,24). The third kappa shape index (κ3) is 5.17. The molecular formula is C20H22N2O4S. The number of benzene rings is 2. The first kappa shape index (κ1) is 19.1. The molecule has 0 unspecified atom stereocenters. The Morgan fingerprint density at radius 1 is 1.11 bits per heavy atom. The third-order valence-corrected chi connectivity index (χ3v) is 5.25. The minimum absolute atomic E-state index is 0.0925. The molecule has 0 aromatic heterocycles. The van der Waals surface area contributed by atoms with Crippen LogP contribution in [0.2, 0.25) is 0 Å². The van der Waals surface area contributed by atoms with E-state index in [1.807, 2.05) is 24.3 Å². The van der Waals surface area contributed by atoms with Crippen molar-refractivity contribution in [3.05, 3.63) is 65.2 Å². The zero-order valence-electron chi connectivity index (χ0n) is 15.1. The Morgan fingerprint density at radius 3 is 2.48 bits per heavy atom. The molecule has 2 amide bonds. The zero-order valence-corrected chi connectivity index (χ0v) is 16.0. The minimum atomic E-state index is -3.15. The average Bonchev–Trinajstić information content (AvgIpc) is 3.05. The summed E-state index contributed by atoms with van der Waals surface area (Å²) >= 11 is 0. The van der Waals surface area contributed by atoms with E-state index in [0.29, 0.717) is 24.1 Å². The zero-order chi connectivity index (χ0) is 19.4.